The fraction of sp³-hybridized carbons (Fsp3) is 0.462. The van der Waals surface area contributed by atoms with E-state index in [-0.39, 0.29) is 0 Å². The lowest BCUT2D eigenvalue weighted by molar-refractivity contribution is 0.364. The zero-order chi connectivity index (χ0) is 11.5. The van der Waals surface area contributed by atoms with Crippen LogP contribution in [0.4, 0.5) is 0 Å². The molecule has 1 atom stereocenters. The second-order valence-electron chi connectivity index (χ2n) is 4.59. The van der Waals surface area contributed by atoms with Crippen LogP contribution in [0, 0.1) is 0 Å². The largest absolute Gasteiger partial charge is 0.329 e. The van der Waals surface area contributed by atoms with Crippen molar-refractivity contribution in [3.63, 3.8) is 0 Å². The molecule has 0 bridgehead atoms. The summed E-state index contributed by atoms with van der Waals surface area (Å²) >= 11 is 1.74. The fourth-order valence-corrected chi connectivity index (χ4v) is 3.08. The van der Waals surface area contributed by atoms with Gasteiger partial charge < -0.3 is 9.88 Å². The van der Waals surface area contributed by atoms with Gasteiger partial charge in [-0.05, 0) is 30.8 Å². The molecular formula is C13H17N3S. The summed E-state index contributed by atoms with van der Waals surface area (Å²) in [4.78, 5) is 4.28. The number of imidazole rings is 1. The highest BCUT2D eigenvalue weighted by Crippen LogP contribution is 2.22. The van der Waals surface area contributed by atoms with Gasteiger partial charge in [-0.15, -0.1) is 0 Å². The Morgan fingerprint density at radius 3 is 3.24 bits per heavy atom. The van der Waals surface area contributed by atoms with Gasteiger partial charge in [-0.3, -0.25) is 0 Å². The fourth-order valence-electron chi connectivity index (χ4n) is 2.43. The molecule has 4 heteroatoms. The topological polar surface area (TPSA) is 29.9 Å². The molecule has 0 aliphatic carbocycles. The highest BCUT2D eigenvalue weighted by atomic mass is 32.1. The second-order valence-corrected chi connectivity index (χ2v) is 5.37. The van der Waals surface area contributed by atoms with Crippen LogP contribution in [0.1, 0.15) is 19.3 Å². The molecular weight excluding hydrogens is 230 g/mol. The lowest BCUT2D eigenvalue weighted by atomic mass is 10.0. The Labute approximate surface area is 106 Å². The number of nitrogens with zero attached hydrogens (tertiary/aromatic N) is 2. The van der Waals surface area contributed by atoms with Crippen molar-refractivity contribution in [3.05, 3.63) is 29.4 Å². The van der Waals surface area contributed by atoms with Gasteiger partial charge in [0.25, 0.3) is 0 Å². The molecule has 3 rings (SSSR count). The van der Waals surface area contributed by atoms with Crippen molar-refractivity contribution in [2.75, 3.05) is 6.54 Å². The molecule has 1 aliphatic heterocycles. The molecule has 1 unspecified atom stereocenters. The van der Waals surface area contributed by atoms with Crippen LogP contribution in [0.15, 0.2) is 29.4 Å². The van der Waals surface area contributed by atoms with Crippen LogP contribution in [0.2, 0.25) is 0 Å². The van der Waals surface area contributed by atoms with E-state index in [1.807, 2.05) is 12.5 Å². The Hall–Kier alpha value is -1.13. The van der Waals surface area contributed by atoms with Gasteiger partial charge in [0, 0.05) is 23.5 Å². The van der Waals surface area contributed by atoms with Crippen LogP contribution in [-0.4, -0.2) is 22.1 Å². The molecule has 0 radical (unpaired) electrons. The first kappa shape index (κ1) is 11.0. The Morgan fingerprint density at radius 1 is 1.47 bits per heavy atom. The van der Waals surface area contributed by atoms with E-state index in [9.17, 15) is 0 Å². The zero-order valence-electron chi connectivity index (χ0n) is 9.80. The van der Waals surface area contributed by atoms with Crippen LogP contribution in [0.5, 0.6) is 0 Å². The first-order valence-corrected chi connectivity index (χ1v) is 7.14. The number of thiophene rings is 1. The Bertz CT molecular complexity index is 455. The maximum Gasteiger partial charge on any atom is 0.0951 e. The molecule has 3 nitrogen and oxygen atoms in total. The lowest BCUT2D eigenvalue weighted by Gasteiger charge is -2.24. The molecule has 3 heterocycles. The lowest BCUT2D eigenvalue weighted by Crippen LogP contribution is -2.37. The number of rotatable bonds is 3. The minimum Gasteiger partial charge on any atom is -0.329 e. The molecule has 17 heavy (non-hydrogen) atoms. The Balaban J connectivity index is 1.77. The van der Waals surface area contributed by atoms with Gasteiger partial charge in [-0.2, -0.15) is 11.3 Å². The molecule has 2 aromatic rings. The molecule has 90 valence electrons. The van der Waals surface area contributed by atoms with Crippen molar-refractivity contribution in [1.29, 1.82) is 0 Å². The monoisotopic (exact) mass is 247 g/mol. The summed E-state index contributed by atoms with van der Waals surface area (Å²) < 4.78 is 2.27. The van der Waals surface area contributed by atoms with E-state index in [1.54, 1.807) is 11.3 Å². The standard InChI is InChI=1S/C13H17N3S/c1-2-5-15-12(3-1)8-16-10-14-7-13(16)11-4-6-17-9-11/h4,6-7,9-10,12,15H,1-3,5,8H2. The summed E-state index contributed by atoms with van der Waals surface area (Å²) in [6.45, 7) is 2.19. The molecule has 1 fully saturated rings. The SMILES string of the molecule is c1cc(-c2cncn2CC2CCCCN2)cs1. The summed E-state index contributed by atoms with van der Waals surface area (Å²) in [6, 6.07) is 2.77. The average Bonchev–Trinajstić information content (AvgIpc) is 3.00. The van der Waals surface area contributed by atoms with E-state index < -0.39 is 0 Å². The van der Waals surface area contributed by atoms with Gasteiger partial charge in [0.05, 0.1) is 18.2 Å². The summed E-state index contributed by atoms with van der Waals surface area (Å²) in [5.41, 5.74) is 2.52. The van der Waals surface area contributed by atoms with Crippen molar-refractivity contribution in [2.45, 2.75) is 31.8 Å². The summed E-state index contributed by atoms with van der Waals surface area (Å²) in [6.07, 6.45) is 7.85. The van der Waals surface area contributed by atoms with E-state index in [2.05, 4.69) is 31.7 Å². The van der Waals surface area contributed by atoms with Crippen LogP contribution in [-0.2, 0) is 6.54 Å². The molecule has 0 aromatic carbocycles. The van der Waals surface area contributed by atoms with Crippen LogP contribution < -0.4 is 5.32 Å². The third-order valence-corrected chi connectivity index (χ3v) is 4.04. The van der Waals surface area contributed by atoms with Gasteiger partial charge in [-0.1, -0.05) is 6.42 Å². The van der Waals surface area contributed by atoms with Crippen LogP contribution in [0.3, 0.4) is 0 Å². The Kier molecular flexibility index (Phi) is 3.25. The predicted molar refractivity (Wildman–Crippen MR) is 71.2 cm³/mol. The molecule has 1 N–H and O–H groups in total. The van der Waals surface area contributed by atoms with Gasteiger partial charge >= 0.3 is 0 Å². The maximum atomic E-state index is 4.28. The van der Waals surface area contributed by atoms with Gasteiger partial charge in [0.2, 0.25) is 0 Å². The van der Waals surface area contributed by atoms with Crippen molar-refractivity contribution >= 4 is 11.3 Å². The average molecular weight is 247 g/mol. The number of hydrogen-bond acceptors (Lipinski definition) is 3. The predicted octanol–water partition coefficient (Wildman–Crippen LogP) is 2.75. The number of aromatic nitrogens is 2. The van der Waals surface area contributed by atoms with Crippen molar-refractivity contribution < 1.29 is 0 Å². The number of piperidine rings is 1. The number of hydrogen-bond donors (Lipinski definition) is 1. The second kappa shape index (κ2) is 5.02. The van der Waals surface area contributed by atoms with E-state index in [0.29, 0.717) is 6.04 Å². The molecule has 1 saturated heterocycles. The van der Waals surface area contributed by atoms with E-state index >= 15 is 0 Å². The van der Waals surface area contributed by atoms with Crippen LogP contribution >= 0.6 is 11.3 Å². The Morgan fingerprint density at radius 2 is 2.47 bits per heavy atom. The molecule has 1 aliphatic rings. The van der Waals surface area contributed by atoms with E-state index in [4.69, 9.17) is 0 Å². The highest BCUT2D eigenvalue weighted by Gasteiger charge is 2.14. The quantitative estimate of drug-likeness (QED) is 0.904. The summed E-state index contributed by atoms with van der Waals surface area (Å²) in [5, 5.41) is 7.88. The van der Waals surface area contributed by atoms with Gasteiger partial charge in [-0.25, -0.2) is 4.98 Å². The van der Waals surface area contributed by atoms with Crippen molar-refractivity contribution in [1.82, 2.24) is 14.9 Å². The third-order valence-electron chi connectivity index (χ3n) is 3.36. The first-order chi connectivity index (χ1) is 8.43. The maximum absolute atomic E-state index is 4.28. The molecule has 0 saturated carbocycles. The summed E-state index contributed by atoms with van der Waals surface area (Å²) in [5.74, 6) is 0. The first-order valence-electron chi connectivity index (χ1n) is 6.19. The zero-order valence-corrected chi connectivity index (χ0v) is 10.6. The number of nitrogens with one attached hydrogen (secondary N) is 1. The van der Waals surface area contributed by atoms with Crippen LogP contribution in [0.25, 0.3) is 11.3 Å². The normalized spacial score (nSPS) is 20.6. The summed E-state index contributed by atoms with van der Waals surface area (Å²) in [7, 11) is 0. The van der Waals surface area contributed by atoms with Crippen molar-refractivity contribution in [2.24, 2.45) is 0 Å². The highest BCUT2D eigenvalue weighted by molar-refractivity contribution is 7.08. The van der Waals surface area contributed by atoms with E-state index in [0.717, 1.165) is 13.1 Å². The molecule has 0 spiro atoms. The van der Waals surface area contributed by atoms with Crippen molar-refractivity contribution in [3.8, 4) is 11.3 Å². The smallest absolute Gasteiger partial charge is 0.0951 e. The molecule has 0 amide bonds. The minimum atomic E-state index is 0.607. The van der Waals surface area contributed by atoms with Gasteiger partial charge in [0.15, 0.2) is 0 Å². The van der Waals surface area contributed by atoms with Gasteiger partial charge in [0.1, 0.15) is 0 Å². The minimum absolute atomic E-state index is 0.607. The molecule has 2 aromatic heterocycles. The third kappa shape index (κ3) is 2.42. The van der Waals surface area contributed by atoms with E-state index in [1.165, 1.54) is 30.5 Å².